The Morgan fingerprint density at radius 2 is 1.61 bits per heavy atom. The van der Waals surface area contributed by atoms with Crippen LogP contribution in [0.2, 0.25) is 0 Å². The van der Waals surface area contributed by atoms with Crippen LogP contribution in [0.15, 0.2) is 42.9 Å². The number of benzene rings is 1. The molecule has 0 fully saturated rings. The lowest BCUT2D eigenvalue weighted by molar-refractivity contribution is 0.886. The molecular weight excluding hydrogens is 424 g/mol. The van der Waals surface area contributed by atoms with Crippen LogP contribution in [0.1, 0.15) is 81.9 Å². The van der Waals surface area contributed by atoms with Crippen molar-refractivity contribution in [3.63, 3.8) is 0 Å². The second-order valence-electron chi connectivity index (χ2n) is 7.35. The molecule has 0 unspecified atom stereocenters. The summed E-state index contributed by atoms with van der Waals surface area (Å²) in [6, 6.07) is 8.65. The molecule has 0 aliphatic carbocycles. The van der Waals surface area contributed by atoms with Gasteiger partial charge in [-0.3, -0.25) is 9.38 Å². The summed E-state index contributed by atoms with van der Waals surface area (Å²) in [4.78, 5) is 15.0. The summed E-state index contributed by atoms with van der Waals surface area (Å²) >= 11 is 1.71. The molecule has 180 valence electrons. The van der Waals surface area contributed by atoms with Gasteiger partial charge in [-0.15, -0.1) is 11.3 Å². The number of fused-ring (bicyclic) bond motifs is 1. The first-order valence-corrected chi connectivity index (χ1v) is 13.2. The van der Waals surface area contributed by atoms with Crippen LogP contribution in [0, 0.1) is 20.8 Å². The lowest BCUT2D eigenvalue weighted by Crippen LogP contribution is -2.00. The van der Waals surface area contributed by atoms with E-state index in [-0.39, 0.29) is 0 Å². The molecule has 3 heterocycles. The minimum Gasteiger partial charge on any atom is -0.296 e. The largest absolute Gasteiger partial charge is 0.296 e. The van der Waals surface area contributed by atoms with Gasteiger partial charge in [-0.2, -0.15) is 0 Å². The maximum atomic E-state index is 4.65. The first kappa shape index (κ1) is 28.5. The van der Waals surface area contributed by atoms with Crippen molar-refractivity contribution in [2.45, 2.75) is 88.0 Å². The summed E-state index contributed by atoms with van der Waals surface area (Å²) in [6.45, 7) is 18.6. The molecule has 0 spiro atoms. The third-order valence-corrected chi connectivity index (χ3v) is 5.97. The Balaban J connectivity index is 0.000000605. The van der Waals surface area contributed by atoms with Crippen LogP contribution in [0.25, 0.3) is 16.2 Å². The number of hydrogen-bond donors (Lipinski definition) is 0. The van der Waals surface area contributed by atoms with E-state index in [1.54, 1.807) is 11.3 Å². The molecule has 0 aliphatic rings. The van der Waals surface area contributed by atoms with Crippen molar-refractivity contribution < 1.29 is 0 Å². The molecule has 4 nitrogen and oxygen atoms in total. The standard InChI is InChI=1S/C20H20N4S.C4H10.2C2H6/c1-13-5-4-6-16(11-13)7-8-17-20-22-12-18(24(20)10-9-21-17)19-14(2)23-15(3)25-19;1-3-4-2;2*1-2/h4-6,9-12H,7-8H2,1-3H3;3-4H2,1-2H3;2*1-2H3. The Labute approximate surface area is 205 Å². The molecule has 0 bridgehead atoms. The average molecular weight is 467 g/mol. The number of unbranched alkanes of at least 4 members (excludes halogenated alkanes) is 1. The van der Waals surface area contributed by atoms with Crippen molar-refractivity contribution in [2.24, 2.45) is 0 Å². The third kappa shape index (κ3) is 8.08. The molecule has 0 saturated carbocycles. The fourth-order valence-corrected chi connectivity index (χ4v) is 4.14. The molecule has 0 amide bonds. The van der Waals surface area contributed by atoms with Gasteiger partial charge in [0.25, 0.3) is 0 Å². The molecular formula is C28H42N4S. The summed E-state index contributed by atoms with van der Waals surface area (Å²) < 4.78 is 2.14. The fourth-order valence-electron chi connectivity index (χ4n) is 3.22. The lowest BCUT2D eigenvalue weighted by Gasteiger charge is -2.05. The van der Waals surface area contributed by atoms with Gasteiger partial charge in [-0.1, -0.05) is 84.2 Å². The summed E-state index contributed by atoms with van der Waals surface area (Å²) in [5, 5.41) is 1.08. The molecule has 0 N–H and O–H groups in total. The van der Waals surface area contributed by atoms with E-state index in [9.17, 15) is 0 Å². The van der Waals surface area contributed by atoms with E-state index in [2.05, 4.69) is 71.3 Å². The van der Waals surface area contributed by atoms with Gasteiger partial charge in [0.1, 0.15) is 0 Å². The van der Waals surface area contributed by atoms with Crippen LogP contribution in [-0.2, 0) is 12.8 Å². The smallest absolute Gasteiger partial charge is 0.159 e. The highest BCUT2D eigenvalue weighted by molar-refractivity contribution is 7.15. The summed E-state index contributed by atoms with van der Waals surface area (Å²) in [6.07, 6.45) is 10.3. The van der Waals surface area contributed by atoms with E-state index in [1.165, 1.54) is 28.8 Å². The summed E-state index contributed by atoms with van der Waals surface area (Å²) in [5.74, 6) is 0. The second-order valence-corrected chi connectivity index (χ2v) is 8.55. The fraction of sp³-hybridized carbons (Fsp3) is 0.464. The topological polar surface area (TPSA) is 43.1 Å². The van der Waals surface area contributed by atoms with Crippen LogP contribution in [0.4, 0.5) is 0 Å². The van der Waals surface area contributed by atoms with Crippen molar-refractivity contribution in [1.29, 1.82) is 0 Å². The van der Waals surface area contributed by atoms with Crippen LogP contribution in [0.5, 0.6) is 0 Å². The number of imidazole rings is 1. The van der Waals surface area contributed by atoms with Crippen molar-refractivity contribution in [3.8, 4) is 10.6 Å². The van der Waals surface area contributed by atoms with Crippen molar-refractivity contribution in [1.82, 2.24) is 19.4 Å². The van der Waals surface area contributed by atoms with Crippen molar-refractivity contribution >= 4 is 17.0 Å². The molecule has 0 atom stereocenters. The first-order chi connectivity index (χ1) is 16.0. The van der Waals surface area contributed by atoms with E-state index in [4.69, 9.17) is 0 Å². The minimum absolute atomic E-state index is 0.880. The number of nitrogens with zero attached hydrogens (tertiary/aromatic N) is 4. The highest BCUT2D eigenvalue weighted by atomic mass is 32.1. The van der Waals surface area contributed by atoms with Gasteiger partial charge < -0.3 is 0 Å². The van der Waals surface area contributed by atoms with Gasteiger partial charge >= 0.3 is 0 Å². The maximum Gasteiger partial charge on any atom is 0.159 e. The number of aromatic nitrogens is 4. The van der Waals surface area contributed by atoms with Gasteiger partial charge in [0.2, 0.25) is 0 Å². The molecule has 0 radical (unpaired) electrons. The van der Waals surface area contributed by atoms with Crippen LogP contribution < -0.4 is 0 Å². The number of rotatable bonds is 5. The Morgan fingerprint density at radius 1 is 0.909 bits per heavy atom. The van der Waals surface area contributed by atoms with E-state index in [0.29, 0.717) is 0 Å². The molecule has 3 aromatic heterocycles. The minimum atomic E-state index is 0.880. The van der Waals surface area contributed by atoms with Crippen LogP contribution in [-0.4, -0.2) is 19.4 Å². The quantitative estimate of drug-likeness (QED) is 0.296. The van der Waals surface area contributed by atoms with Gasteiger partial charge in [0.15, 0.2) is 5.65 Å². The lowest BCUT2D eigenvalue weighted by atomic mass is 10.1. The number of thiazole rings is 1. The number of hydrogen-bond acceptors (Lipinski definition) is 4. The van der Waals surface area contributed by atoms with Gasteiger partial charge in [0, 0.05) is 12.4 Å². The normalized spacial score (nSPS) is 9.85. The number of aryl methyl sites for hydroxylation is 5. The molecule has 0 saturated heterocycles. The Kier molecular flexibility index (Phi) is 13.2. The van der Waals surface area contributed by atoms with Gasteiger partial charge in [0.05, 0.1) is 33.2 Å². The van der Waals surface area contributed by atoms with E-state index in [1.807, 2.05) is 53.2 Å². The van der Waals surface area contributed by atoms with Crippen LogP contribution in [0.3, 0.4) is 0 Å². The zero-order chi connectivity index (χ0) is 24.8. The SMILES string of the molecule is CC.CC.CCCC.Cc1cccc(CCc2nccn3c(-c4sc(C)nc4C)cnc23)c1. The summed E-state index contributed by atoms with van der Waals surface area (Å²) in [5.41, 5.74) is 6.76. The van der Waals surface area contributed by atoms with Crippen molar-refractivity contribution in [3.05, 3.63) is 70.4 Å². The zero-order valence-electron chi connectivity index (χ0n) is 22.1. The first-order valence-electron chi connectivity index (χ1n) is 12.3. The molecule has 4 rings (SSSR count). The van der Waals surface area contributed by atoms with Gasteiger partial charge in [-0.05, 0) is 39.2 Å². The Bertz CT molecular complexity index is 1080. The van der Waals surface area contributed by atoms with Gasteiger partial charge in [-0.25, -0.2) is 9.97 Å². The predicted molar refractivity (Wildman–Crippen MR) is 145 cm³/mol. The second kappa shape index (κ2) is 15.3. The average Bonchev–Trinajstić information content (AvgIpc) is 3.42. The summed E-state index contributed by atoms with van der Waals surface area (Å²) in [7, 11) is 0. The Morgan fingerprint density at radius 3 is 2.18 bits per heavy atom. The van der Waals surface area contributed by atoms with E-state index in [0.717, 1.165) is 40.6 Å². The van der Waals surface area contributed by atoms with E-state index >= 15 is 0 Å². The molecule has 33 heavy (non-hydrogen) atoms. The van der Waals surface area contributed by atoms with Crippen molar-refractivity contribution in [2.75, 3.05) is 0 Å². The predicted octanol–water partition coefficient (Wildman–Crippen LogP) is 8.42. The highest BCUT2D eigenvalue weighted by Gasteiger charge is 2.14. The maximum absolute atomic E-state index is 4.65. The molecule has 5 heteroatoms. The van der Waals surface area contributed by atoms with E-state index < -0.39 is 0 Å². The molecule has 0 aliphatic heterocycles. The highest BCUT2D eigenvalue weighted by Crippen LogP contribution is 2.30. The third-order valence-electron chi connectivity index (χ3n) is 4.87. The van der Waals surface area contributed by atoms with Crippen LogP contribution >= 0.6 is 11.3 Å². The Hall–Kier alpha value is -2.53. The molecule has 1 aromatic carbocycles. The monoisotopic (exact) mass is 466 g/mol. The zero-order valence-corrected chi connectivity index (χ0v) is 22.9. The molecule has 4 aromatic rings.